The third-order valence-electron chi connectivity index (χ3n) is 3.56. The van der Waals surface area contributed by atoms with E-state index >= 15 is 0 Å². The molecule has 2 rings (SSSR count). The molecule has 1 saturated carbocycles. The molecule has 1 spiro atoms. The zero-order valence-electron chi connectivity index (χ0n) is 9.56. The predicted molar refractivity (Wildman–Crippen MR) is 56.7 cm³/mol. The smallest absolute Gasteiger partial charge is 0.00476 e. The first-order valence-corrected chi connectivity index (χ1v) is 5.57. The molecule has 1 heterocycles. The van der Waals surface area contributed by atoms with Gasteiger partial charge in [0.1, 0.15) is 0 Å². The molecule has 0 aromatic heterocycles. The van der Waals surface area contributed by atoms with Crippen LogP contribution in [0.2, 0.25) is 0 Å². The van der Waals surface area contributed by atoms with E-state index in [1.807, 2.05) is 0 Å². The van der Waals surface area contributed by atoms with Gasteiger partial charge in [0.15, 0.2) is 0 Å². The maximum Gasteiger partial charge on any atom is 0.00476 e. The Morgan fingerprint density at radius 2 is 1.77 bits per heavy atom. The Bertz CT molecular complexity index is 188. The Labute approximate surface area is 82.5 Å². The lowest BCUT2D eigenvalue weighted by Gasteiger charge is -2.59. The third-order valence-corrected chi connectivity index (χ3v) is 3.56. The average molecular weight is 181 g/mol. The van der Waals surface area contributed by atoms with E-state index in [1.54, 1.807) is 0 Å². The Balaban J connectivity index is 1.73. The SMILES string of the molecule is CN1CC2(CC(CC(C)(C)C)C2)C1. The molecule has 0 aromatic rings. The Morgan fingerprint density at radius 1 is 1.23 bits per heavy atom. The Hall–Kier alpha value is -0.0400. The van der Waals surface area contributed by atoms with Gasteiger partial charge in [-0.05, 0) is 43.1 Å². The van der Waals surface area contributed by atoms with Crippen LogP contribution in [-0.2, 0) is 0 Å². The van der Waals surface area contributed by atoms with Gasteiger partial charge in [0.05, 0.1) is 0 Å². The molecule has 1 nitrogen and oxygen atoms in total. The molecule has 0 bridgehead atoms. The minimum atomic E-state index is 0.544. The zero-order chi connectivity index (χ0) is 9.69. The summed E-state index contributed by atoms with van der Waals surface area (Å²) < 4.78 is 0. The summed E-state index contributed by atoms with van der Waals surface area (Å²) in [7, 11) is 2.24. The molecule has 1 saturated heterocycles. The third kappa shape index (κ3) is 1.90. The highest BCUT2D eigenvalue weighted by atomic mass is 15.2. The van der Waals surface area contributed by atoms with Gasteiger partial charge in [-0.2, -0.15) is 0 Å². The van der Waals surface area contributed by atoms with Crippen LogP contribution >= 0.6 is 0 Å². The van der Waals surface area contributed by atoms with Crippen molar-refractivity contribution in [1.29, 1.82) is 0 Å². The topological polar surface area (TPSA) is 3.24 Å². The van der Waals surface area contributed by atoms with E-state index < -0.39 is 0 Å². The number of nitrogens with zero attached hydrogens (tertiary/aromatic N) is 1. The summed E-state index contributed by atoms with van der Waals surface area (Å²) in [6, 6.07) is 0. The molecule has 76 valence electrons. The zero-order valence-corrected chi connectivity index (χ0v) is 9.56. The van der Waals surface area contributed by atoms with Crippen molar-refractivity contribution in [2.75, 3.05) is 20.1 Å². The summed E-state index contributed by atoms with van der Waals surface area (Å²) in [6.45, 7) is 9.84. The van der Waals surface area contributed by atoms with Gasteiger partial charge in [0, 0.05) is 13.1 Å². The monoisotopic (exact) mass is 181 g/mol. The van der Waals surface area contributed by atoms with Crippen LogP contribution in [0.4, 0.5) is 0 Å². The fourth-order valence-electron chi connectivity index (χ4n) is 3.53. The molecule has 1 aliphatic carbocycles. The van der Waals surface area contributed by atoms with Gasteiger partial charge in [-0.25, -0.2) is 0 Å². The number of rotatable bonds is 1. The van der Waals surface area contributed by atoms with Crippen molar-refractivity contribution >= 4 is 0 Å². The first-order valence-electron chi connectivity index (χ1n) is 5.57. The highest BCUT2D eigenvalue weighted by Crippen LogP contribution is 2.54. The summed E-state index contributed by atoms with van der Waals surface area (Å²) in [6.07, 6.45) is 4.45. The van der Waals surface area contributed by atoms with Crippen LogP contribution in [-0.4, -0.2) is 25.0 Å². The molecule has 0 amide bonds. The van der Waals surface area contributed by atoms with Crippen LogP contribution in [0.25, 0.3) is 0 Å². The first kappa shape index (κ1) is 9.51. The summed E-state index contributed by atoms with van der Waals surface area (Å²) in [5, 5.41) is 0. The standard InChI is InChI=1S/C12H23N/c1-11(2,3)5-10-6-12(7-10)8-13(4)9-12/h10H,5-9H2,1-4H3. The second kappa shape index (κ2) is 2.73. The molecular weight excluding hydrogens is 158 g/mol. The van der Waals surface area contributed by atoms with Gasteiger partial charge in [-0.15, -0.1) is 0 Å². The van der Waals surface area contributed by atoms with Gasteiger partial charge in [-0.3, -0.25) is 0 Å². The number of hydrogen-bond acceptors (Lipinski definition) is 1. The minimum absolute atomic E-state index is 0.544. The van der Waals surface area contributed by atoms with E-state index in [1.165, 1.54) is 32.4 Å². The highest BCUT2D eigenvalue weighted by molar-refractivity contribution is 5.03. The van der Waals surface area contributed by atoms with E-state index in [0.29, 0.717) is 5.41 Å². The average Bonchev–Trinajstić information content (AvgIpc) is 1.76. The van der Waals surface area contributed by atoms with Crippen molar-refractivity contribution in [3.8, 4) is 0 Å². The summed E-state index contributed by atoms with van der Waals surface area (Å²) >= 11 is 0. The summed E-state index contributed by atoms with van der Waals surface area (Å²) in [5.41, 5.74) is 1.33. The lowest BCUT2D eigenvalue weighted by Crippen LogP contribution is -2.60. The second-order valence-electron chi connectivity index (χ2n) is 6.71. The number of likely N-dealkylation sites (tertiary alicyclic amines) is 1. The molecule has 0 N–H and O–H groups in total. The van der Waals surface area contributed by atoms with Crippen molar-refractivity contribution in [2.24, 2.45) is 16.7 Å². The Morgan fingerprint density at radius 3 is 2.15 bits per heavy atom. The molecule has 1 aliphatic heterocycles. The fraction of sp³-hybridized carbons (Fsp3) is 1.00. The van der Waals surface area contributed by atoms with E-state index in [9.17, 15) is 0 Å². The van der Waals surface area contributed by atoms with E-state index in [0.717, 1.165) is 11.3 Å². The van der Waals surface area contributed by atoms with Crippen molar-refractivity contribution in [1.82, 2.24) is 4.90 Å². The second-order valence-corrected chi connectivity index (χ2v) is 6.71. The van der Waals surface area contributed by atoms with Crippen LogP contribution in [0.1, 0.15) is 40.0 Å². The van der Waals surface area contributed by atoms with Crippen LogP contribution in [0, 0.1) is 16.7 Å². The maximum absolute atomic E-state index is 2.45. The maximum atomic E-state index is 2.45. The van der Waals surface area contributed by atoms with E-state index in [2.05, 4.69) is 32.7 Å². The quantitative estimate of drug-likeness (QED) is 0.601. The van der Waals surface area contributed by atoms with Crippen molar-refractivity contribution in [3.05, 3.63) is 0 Å². The van der Waals surface area contributed by atoms with Crippen molar-refractivity contribution in [3.63, 3.8) is 0 Å². The molecule has 13 heavy (non-hydrogen) atoms. The predicted octanol–water partition coefficient (Wildman–Crippen LogP) is 2.76. The lowest BCUT2D eigenvalue weighted by molar-refractivity contribution is -0.0904. The molecular formula is C12H23N. The molecule has 0 atom stereocenters. The molecule has 0 aromatic carbocycles. The van der Waals surface area contributed by atoms with Gasteiger partial charge >= 0.3 is 0 Å². The van der Waals surface area contributed by atoms with Gasteiger partial charge in [-0.1, -0.05) is 20.8 Å². The van der Waals surface area contributed by atoms with Gasteiger partial charge in [0.2, 0.25) is 0 Å². The molecule has 0 unspecified atom stereocenters. The van der Waals surface area contributed by atoms with Gasteiger partial charge in [0.25, 0.3) is 0 Å². The largest absolute Gasteiger partial charge is 0.305 e. The molecule has 0 radical (unpaired) electrons. The van der Waals surface area contributed by atoms with Crippen molar-refractivity contribution in [2.45, 2.75) is 40.0 Å². The molecule has 2 fully saturated rings. The summed E-state index contributed by atoms with van der Waals surface area (Å²) in [4.78, 5) is 2.45. The van der Waals surface area contributed by atoms with Gasteiger partial charge < -0.3 is 4.90 Å². The van der Waals surface area contributed by atoms with Crippen LogP contribution in [0.5, 0.6) is 0 Å². The molecule has 2 aliphatic rings. The van der Waals surface area contributed by atoms with Crippen LogP contribution < -0.4 is 0 Å². The summed E-state index contributed by atoms with van der Waals surface area (Å²) in [5.74, 6) is 1.04. The first-order chi connectivity index (χ1) is 5.89. The Kier molecular flexibility index (Phi) is 1.99. The van der Waals surface area contributed by atoms with E-state index in [-0.39, 0.29) is 0 Å². The van der Waals surface area contributed by atoms with Crippen LogP contribution in [0.3, 0.4) is 0 Å². The highest BCUT2D eigenvalue weighted by Gasteiger charge is 2.51. The van der Waals surface area contributed by atoms with E-state index in [4.69, 9.17) is 0 Å². The fourth-order valence-corrected chi connectivity index (χ4v) is 3.53. The lowest BCUT2D eigenvalue weighted by atomic mass is 9.55. The van der Waals surface area contributed by atoms with Crippen LogP contribution in [0.15, 0.2) is 0 Å². The normalized spacial score (nSPS) is 28.6. The number of hydrogen-bond donors (Lipinski definition) is 0. The molecule has 1 heteroatoms. The van der Waals surface area contributed by atoms with Crippen molar-refractivity contribution < 1.29 is 0 Å². The minimum Gasteiger partial charge on any atom is -0.305 e.